The molecule has 1 saturated carbocycles. The van der Waals surface area contributed by atoms with Gasteiger partial charge in [-0.2, -0.15) is 0 Å². The molecule has 1 aliphatic heterocycles. The van der Waals surface area contributed by atoms with E-state index in [0.717, 1.165) is 50.0 Å². The molecule has 0 unspecified atom stereocenters. The first-order chi connectivity index (χ1) is 19.5. The van der Waals surface area contributed by atoms with E-state index in [9.17, 15) is 14.0 Å². The van der Waals surface area contributed by atoms with E-state index in [1.165, 1.54) is 24.1 Å². The summed E-state index contributed by atoms with van der Waals surface area (Å²) >= 11 is 0. The van der Waals surface area contributed by atoms with Gasteiger partial charge in [-0.05, 0) is 36.1 Å². The van der Waals surface area contributed by atoms with Crippen LogP contribution in [-0.2, 0) is 24.3 Å². The average molecular weight is 547 g/mol. The van der Waals surface area contributed by atoms with Gasteiger partial charge in [-0.3, -0.25) is 9.69 Å². The Morgan fingerprint density at radius 2 is 1.68 bits per heavy atom. The maximum absolute atomic E-state index is 13.5. The number of urea groups is 1. The first-order valence-electron chi connectivity index (χ1n) is 14.4. The number of rotatable bonds is 9. The minimum Gasteiger partial charge on any atom is -0.354 e. The van der Waals surface area contributed by atoms with Crippen LogP contribution in [0.5, 0.6) is 0 Å². The number of nitrogens with zero attached hydrogens (tertiary/aromatic N) is 4. The largest absolute Gasteiger partial charge is 0.354 e. The fraction of sp³-hybridized carbons (Fsp3) is 0.452. The van der Waals surface area contributed by atoms with Crippen LogP contribution in [-0.4, -0.2) is 69.6 Å². The molecule has 2 heterocycles. The van der Waals surface area contributed by atoms with Crippen LogP contribution in [0, 0.1) is 5.82 Å². The fourth-order valence-electron chi connectivity index (χ4n) is 5.71. The van der Waals surface area contributed by atoms with Crippen LogP contribution in [0.2, 0.25) is 0 Å². The Bertz CT molecular complexity index is 1240. The molecule has 3 amide bonds. The molecule has 2 N–H and O–H groups in total. The molecule has 2 aliphatic rings. The van der Waals surface area contributed by atoms with Crippen LogP contribution < -0.4 is 10.6 Å². The molecule has 2 fully saturated rings. The van der Waals surface area contributed by atoms with Gasteiger partial charge >= 0.3 is 6.03 Å². The van der Waals surface area contributed by atoms with E-state index in [1.54, 1.807) is 29.6 Å². The molecule has 1 atom stereocenters. The zero-order valence-electron chi connectivity index (χ0n) is 23.0. The molecule has 8 nitrogen and oxygen atoms in total. The third kappa shape index (κ3) is 7.47. The average Bonchev–Trinajstić information content (AvgIpc) is 3.41. The van der Waals surface area contributed by atoms with Gasteiger partial charge in [-0.1, -0.05) is 61.7 Å². The summed E-state index contributed by atoms with van der Waals surface area (Å²) in [6, 6.07) is 16.1. The highest BCUT2D eigenvalue weighted by Gasteiger charge is 2.36. The number of amides is 3. The molecular formula is C31H39FN6O2. The molecule has 2 aromatic carbocycles. The summed E-state index contributed by atoms with van der Waals surface area (Å²) in [5, 5.41) is 6.29. The molecule has 9 heteroatoms. The van der Waals surface area contributed by atoms with E-state index < -0.39 is 6.04 Å². The van der Waals surface area contributed by atoms with Crippen LogP contribution in [0.3, 0.4) is 0 Å². The van der Waals surface area contributed by atoms with E-state index in [1.807, 2.05) is 22.8 Å². The summed E-state index contributed by atoms with van der Waals surface area (Å²) in [5.74, 6) is -0.398. The van der Waals surface area contributed by atoms with Gasteiger partial charge in [0.15, 0.2) is 0 Å². The molecule has 1 saturated heterocycles. The lowest BCUT2D eigenvalue weighted by Gasteiger charge is -2.41. The molecule has 0 bridgehead atoms. The van der Waals surface area contributed by atoms with Crippen molar-refractivity contribution in [3.05, 3.63) is 89.8 Å². The van der Waals surface area contributed by atoms with E-state index in [-0.39, 0.29) is 23.8 Å². The zero-order valence-corrected chi connectivity index (χ0v) is 23.0. The first-order valence-corrected chi connectivity index (χ1v) is 14.4. The van der Waals surface area contributed by atoms with Crippen molar-refractivity contribution >= 4 is 11.9 Å². The Kier molecular flexibility index (Phi) is 9.44. The molecule has 3 aromatic rings. The maximum Gasteiger partial charge on any atom is 0.318 e. The lowest BCUT2D eigenvalue weighted by molar-refractivity contribution is -0.127. The highest BCUT2D eigenvalue weighted by molar-refractivity contribution is 5.87. The highest BCUT2D eigenvalue weighted by Crippen LogP contribution is 2.19. The number of carbonyl (C=O) groups excluding carboxylic acids is 2. The summed E-state index contributed by atoms with van der Waals surface area (Å²) in [6.07, 6.45) is 9.64. The van der Waals surface area contributed by atoms with Gasteiger partial charge in [0.1, 0.15) is 11.9 Å². The van der Waals surface area contributed by atoms with Crippen LogP contribution in [0.15, 0.2) is 67.1 Å². The Morgan fingerprint density at radius 3 is 2.45 bits per heavy atom. The number of hydrogen-bond donors (Lipinski definition) is 2. The lowest BCUT2D eigenvalue weighted by atomic mass is 9.95. The van der Waals surface area contributed by atoms with Crippen LogP contribution in [0.25, 0.3) is 0 Å². The normalized spacial score (nSPS) is 18.4. The second kappa shape index (κ2) is 13.6. The first kappa shape index (κ1) is 27.8. The van der Waals surface area contributed by atoms with Crippen molar-refractivity contribution in [2.45, 2.75) is 63.7 Å². The summed E-state index contributed by atoms with van der Waals surface area (Å²) in [7, 11) is 0. The monoisotopic (exact) mass is 546 g/mol. The fourth-order valence-corrected chi connectivity index (χ4v) is 5.71. The van der Waals surface area contributed by atoms with Crippen molar-refractivity contribution in [2.75, 3.05) is 26.2 Å². The molecule has 1 aliphatic carbocycles. The Morgan fingerprint density at radius 1 is 0.925 bits per heavy atom. The number of piperazine rings is 1. The number of aromatic nitrogens is 2. The van der Waals surface area contributed by atoms with Gasteiger partial charge in [0.25, 0.3) is 0 Å². The maximum atomic E-state index is 13.5. The summed E-state index contributed by atoms with van der Waals surface area (Å²) in [4.78, 5) is 35.1. The van der Waals surface area contributed by atoms with Gasteiger partial charge in [0, 0.05) is 63.6 Å². The van der Waals surface area contributed by atoms with Crippen molar-refractivity contribution in [3.63, 3.8) is 0 Å². The Hall–Kier alpha value is -3.72. The van der Waals surface area contributed by atoms with E-state index in [0.29, 0.717) is 32.6 Å². The standard InChI is InChI=1S/C31H39FN6O2/c32-26-13-11-25(12-14-26)21-37-23-33-19-28(37)15-16-34-30(39)29-22-36(20-24-7-3-1-4-8-24)17-18-38(29)31(40)35-27-9-5-2-6-10-27/h1,3-4,7-8,11-14,19,23,27,29H,2,5-6,9-10,15-18,20-22H2,(H,34,39)(H,35,40)/t29-/m1/s1. The second-order valence-electron chi connectivity index (χ2n) is 10.9. The molecule has 0 spiro atoms. The van der Waals surface area contributed by atoms with Gasteiger partial charge in [0.2, 0.25) is 5.91 Å². The number of benzene rings is 2. The topological polar surface area (TPSA) is 82.5 Å². The van der Waals surface area contributed by atoms with E-state index in [4.69, 9.17) is 0 Å². The van der Waals surface area contributed by atoms with Crippen LogP contribution in [0.4, 0.5) is 9.18 Å². The summed E-state index contributed by atoms with van der Waals surface area (Å²) < 4.78 is 15.3. The van der Waals surface area contributed by atoms with Crippen molar-refractivity contribution < 1.29 is 14.0 Å². The molecule has 0 radical (unpaired) electrons. The number of imidazole rings is 1. The van der Waals surface area contributed by atoms with Crippen molar-refractivity contribution in [1.82, 2.24) is 30.0 Å². The van der Waals surface area contributed by atoms with E-state index in [2.05, 4.69) is 32.7 Å². The van der Waals surface area contributed by atoms with Crippen molar-refractivity contribution in [2.24, 2.45) is 0 Å². The predicted molar refractivity (Wildman–Crippen MR) is 152 cm³/mol. The van der Waals surface area contributed by atoms with Gasteiger partial charge in [0.05, 0.1) is 6.33 Å². The minimum atomic E-state index is -0.565. The van der Waals surface area contributed by atoms with Crippen molar-refractivity contribution in [1.29, 1.82) is 0 Å². The summed E-state index contributed by atoms with van der Waals surface area (Å²) in [6.45, 7) is 3.47. The lowest BCUT2D eigenvalue weighted by Crippen LogP contribution is -2.63. The predicted octanol–water partition coefficient (Wildman–Crippen LogP) is 3.96. The van der Waals surface area contributed by atoms with Crippen LogP contribution >= 0.6 is 0 Å². The second-order valence-corrected chi connectivity index (χ2v) is 10.9. The van der Waals surface area contributed by atoms with Crippen molar-refractivity contribution in [3.8, 4) is 0 Å². The zero-order chi connectivity index (χ0) is 27.7. The SMILES string of the molecule is O=C(NCCc1cncn1Cc1ccc(F)cc1)[C@H]1CN(Cc2ccccc2)CCN1C(=O)NC1CCCCC1. The number of carbonyl (C=O) groups is 2. The quantitative estimate of drug-likeness (QED) is 0.426. The summed E-state index contributed by atoms with van der Waals surface area (Å²) in [5.41, 5.74) is 3.15. The third-order valence-electron chi connectivity index (χ3n) is 7.95. The molecule has 1 aromatic heterocycles. The highest BCUT2D eigenvalue weighted by atomic mass is 19.1. The third-order valence-corrected chi connectivity index (χ3v) is 7.95. The van der Waals surface area contributed by atoms with Crippen LogP contribution in [0.1, 0.15) is 48.9 Å². The molecule has 5 rings (SSSR count). The number of hydrogen-bond acceptors (Lipinski definition) is 4. The molecule has 40 heavy (non-hydrogen) atoms. The smallest absolute Gasteiger partial charge is 0.318 e. The van der Waals surface area contributed by atoms with E-state index >= 15 is 0 Å². The molecule has 212 valence electrons. The Balaban J connectivity index is 1.20. The van der Waals surface area contributed by atoms with Gasteiger partial charge in [-0.25, -0.2) is 14.2 Å². The number of halogens is 1. The van der Waals surface area contributed by atoms with Gasteiger partial charge < -0.3 is 20.1 Å². The van der Waals surface area contributed by atoms with Gasteiger partial charge in [-0.15, -0.1) is 0 Å². The Labute approximate surface area is 235 Å². The molecular weight excluding hydrogens is 507 g/mol. The minimum absolute atomic E-state index is 0.135. The number of nitrogens with one attached hydrogen (secondary N) is 2.